The van der Waals surface area contributed by atoms with Gasteiger partial charge in [0.15, 0.2) is 0 Å². The van der Waals surface area contributed by atoms with Crippen LogP contribution in [0.1, 0.15) is 11.1 Å². The smallest absolute Gasteiger partial charge is 0.264 e. The minimum absolute atomic E-state index is 0.000875. The van der Waals surface area contributed by atoms with Gasteiger partial charge in [-0.2, -0.15) is 0 Å². The number of benzene rings is 4. The van der Waals surface area contributed by atoms with Crippen LogP contribution in [-0.4, -0.2) is 44.8 Å². The zero-order valence-corrected chi connectivity index (χ0v) is 25.7. The number of hydrogen-bond acceptors (Lipinski definition) is 4. The molecule has 0 radical (unpaired) electrons. The van der Waals surface area contributed by atoms with Gasteiger partial charge in [0, 0.05) is 25.0 Å². The third-order valence-electron chi connectivity index (χ3n) is 6.56. The SMILES string of the molecule is CNC(=O)C(Cc1ccccc1)N(Cc1ccc(Cl)c(Cl)c1)C(=O)CN(c1cccc(Cl)c1)S(=O)(=O)c1ccccc1. The summed E-state index contributed by atoms with van der Waals surface area (Å²) < 4.78 is 28.8. The predicted molar refractivity (Wildman–Crippen MR) is 167 cm³/mol. The number of halogens is 3. The molecule has 0 aliphatic heterocycles. The maximum absolute atomic E-state index is 14.2. The summed E-state index contributed by atoms with van der Waals surface area (Å²) in [6.07, 6.45) is 0.191. The summed E-state index contributed by atoms with van der Waals surface area (Å²) in [4.78, 5) is 28.9. The molecule has 0 saturated heterocycles. The van der Waals surface area contributed by atoms with Crippen LogP contribution in [0.5, 0.6) is 0 Å². The summed E-state index contributed by atoms with van der Waals surface area (Å²) in [5, 5.41) is 3.57. The second-order valence-electron chi connectivity index (χ2n) is 9.39. The van der Waals surface area contributed by atoms with Crippen molar-refractivity contribution >= 4 is 62.3 Å². The molecule has 0 spiro atoms. The van der Waals surface area contributed by atoms with Crippen LogP contribution in [0.2, 0.25) is 15.1 Å². The molecule has 0 heterocycles. The number of carbonyl (C=O) groups excluding carboxylic acids is 2. The molecule has 1 unspecified atom stereocenters. The van der Waals surface area contributed by atoms with Crippen LogP contribution in [0.15, 0.2) is 108 Å². The van der Waals surface area contributed by atoms with Crippen LogP contribution in [0.3, 0.4) is 0 Å². The van der Waals surface area contributed by atoms with E-state index in [0.717, 1.165) is 9.87 Å². The molecule has 0 aliphatic rings. The minimum atomic E-state index is -4.21. The van der Waals surface area contributed by atoms with Gasteiger partial charge in [-0.1, -0.05) is 95.5 Å². The number of anilines is 1. The van der Waals surface area contributed by atoms with Crippen LogP contribution in [0, 0.1) is 0 Å². The minimum Gasteiger partial charge on any atom is -0.357 e. The van der Waals surface area contributed by atoms with Crippen LogP contribution in [-0.2, 0) is 32.6 Å². The number of carbonyl (C=O) groups is 2. The fourth-order valence-corrected chi connectivity index (χ4v) is 6.37. The predicted octanol–water partition coefficient (Wildman–Crippen LogP) is 6.23. The quantitative estimate of drug-likeness (QED) is 0.210. The molecule has 0 bridgehead atoms. The van der Waals surface area contributed by atoms with Gasteiger partial charge < -0.3 is 10.2 Å². The molecule has 0 aromatic heterocycles. The van der Waals surface area contributed by atoms with Gasteiger partial charge in [-0.25, -0.2) is 8.42 Å². The molecule has 42 heavy (non-hydrogen) atoms. The fraction of sp³-hybridized carbons (Fsp3) is 0.161. The number of nitrogens with one attached hydrogen (secondary N) is 1. The number of amides is 2. The first-order valence-corrected chi connectivity index (χ1v) is 15.5. The second kappa shape index (κ2) is 14.1. The highest BCUT2D eigenvalue weighted by Gasteiger charge is 2.34. The van der Waals surface area contributed by atoms with E-state index < -0.39 is 34.4 Å². The molecule has 4 aromatic rings. The van der Waals surface area contributed by atoms with Gasteiger partial charge in [0.1, 0.15) is 12.6 Å². The van der Waals surface area contributed by atoms with Gasteiger partial charge in [-0.05, 0) is 53.6 Å². The van der Waals surface area contributed by atoms with Crippen LogP contribution < -0.4 is 9.62 Å². The lowest BCUT2D eigenvalue weighted by Crippen LogP contribution is -2.53. The van der Waals surface area contributed by atoms with Crippen LogP contribution >= 0.6 is 34.8 Å². The van der Waals surface area contributed by atoms with Crippen molar-refractivity contribution in [1.82, 2.24) is 10.2 Å². The number of sulfonamides is 1. The van der Waals surface area contributed by atoms with E-state index in [0.29, 0.717) is 15.6 Å². The van der Waals surface area contributed by atoms with Crippen molar-refractivity contribution in [2.45, 2.75) is 23.9 Å². The Kier molecular flexibility index (Phi) is 10.5. The summed E-state index contributed by atoms with van der Waals surface area (Å²) in [6.45, 7) is -0.628. The molecule has 4 aromatic carbocycles. The van der Waals surface area contributed by atoms with Gasteiger partial charge in [-0.15, -0.1) is 0 Å². The Morgan fingerprint density at radius 1 is 0.786 bits per heavy atom. The van der Waals surface area contributed by atoms with Crippen LogP contribution in [0.25, 0.3) is 0 Å². The van der Waals surface area contributed by atoms with E-state index in [2.05, 4.69) is 5.32 Å². The van der Waals surface area contributed by atoms with E-state index in [1.165, 1.54) is 30.1 Å². The Morgan fingerprint density at radius 2 is 1.45 bits per heavy atom. The summed E-state index contributed by atoms with van der Waals surface area (Å²) in [5.41, 5.74) is 1.63. The Bertz CT molecular complexity index is 1650. The highest BCUT2D eigenvalue weighted by Crippen LogP contribution is 2.28. The third-order valence-corrected chi connectivity index (χ3v) is 9.32. The summed E-state index contributed by atoms with van der Waals surface area (Å²) in [6, 6.07) is 27.2. The number of hydrogen-bond donors (Lipinski definition) is 1. The lowest BCUT2D eigenvalue weighted by atomic mass is 10.0. The van der Waals surface area contributed by atoms with Gasteiger partial charge >= 0.3 is 0 Å². The van der Waals surface area contributed by atoms with E-state index in [1.807, 2.05) is 30.3 Å². The molecular weight excluding hydrogens is 617 g/mol. The van der Waals surface area contributed by atoms with Gasteiger partial charge in [0.2, 0.25) is 11.8 Å². The van der Waals surface area contributed by atoms with Crippen molar-refractivity contribution < 1.29 is 18.0 Å². The second-order valence-corrected chi connectivity index (χ2v) is 12.5. The molecular formula is C31H28Cl3N3O4S. The Labute approximate surface area is 260 Å². The molecule has 7 nitrogen and oxygen atoms in total. The van der Waals surface area contributed by atoms with Gasteiger partial charge in [-0.3, -0.25) is 13.9 Å². The van der Waals surface area contributed by atoms with Crippen molar-refractivity contribution in [3.63, 3.8) is 0 Å². The van der Waals surface area contributed by atoms with Gasteiger partial charge in [0.05, 0.1) is 20.6 Å². The summed E-state index contributed by atoms with van der Waals surface area (Å²) in [7, 11) is -2.72. The van der Waals surface area contributed by atoms with Crippen molar-refractivity contribution in [2.75, 3.05) is 17.9 Å². The van der Waals surface area contributed by atoms with Crippen molar-refractivity contribution in [3.05, 3.63) is 129 Å². The largest absolute Gasteiger partial charge is 0.357 e. The Hall–Kier alpha value is -3.56. The first-order valence-electron chi connectivity index (χ1n) is 12.9. The lowest BCUT2D eigenvalue weighted by Gasteiger charge is -2.33. The molecule has 1 N–H and O–H groups in total. The third kappa shape index (κ3) is 7.63. The molecule has 1 atom stereocenters. The molecule has 0 saturated carbocycles. The summed E-state index contributed by atoms with van der Waals surface area (Å²) >= 11 is 18.6. The van der Waals surface area contributed by atoms with Gasteiger partial charge in [0.25, 0.3) is 10.0 Å². The average Bonchev–Trinajstić information content (AvgIpc) is 2.99. The maximum atomic E-state index is 14.2. The van der Waals surface area contributed by atoms with E-state index in [1.54, 1.807) is 54.6 Å². The zero-order chi connectivity index (χ0) is 30.3. The number of rotatable bonds is 11. The molecule has 0 fully saturated rings. The Balaban J connectivity index is 1.79. The van der Waals surface area contributed by atoms with E-state index in [9.17, 15) is 18.0 Å². The van der Waals surface area contributed by atoms with E-state index in [-0.39, 0.29) is 28.6 Å². The maximum Gasteiger partial charge on any atom is 0.264 e. The molecule has 2 amide bonds. The highest BCUT2D eigenvalue weighted by molar-refractivity contribution is 7.92. The lowest BCUT2D eigenvalue weighted by molar-refractivity contribution is -0.139. The average molecular weight is 645 g/mol. The molecule has 4 rings (SSSR count). The van der Waals surface area contributed by atoms with E-state index >= 15 is 0 Å². The van der Waals surface area contributed by atoms with Crippen molar-refractivity contribution in [3.8, 4) is 0 Å². The fourth-order valence-electron chi connectivity index (χ4n) is 4.43. The summed E-state index contributed by atoms with van der Waals surface area (Å²) in [5.74, 6) is -1.02. The normalized spacial score (nSPS) is 11.9. The molecule has 11 heteroatoms. The molecule has 218 valence electrons. The zero-order valence-electron chi connectivity index (χ0n) is 22.6. The monoisotopic (exact) mass is 643 g/mol. The standard InChI is InChI=1S/C31H28Cl3N3O4S/c1-35-31(39)29(18-22-9-4-2-5-10-22)36(20-23-15-16-27(33)28(34)17-23)30(38)21-37(25-12-8-11-24(32)19-25)42(40,41)26-13-6-3-7-14-26/h2-17,19,29H,18,20-21H2,1H3,(H,35,39). The topological polar surface area (TPSA) is 86.8 Å². The van der Waals surface area contributed by atoms with Crippen molar-refractivity contribution in [2.24, 2.45) is 0 Å². The van der Waals surface area contributed by atoms with E-state index in [4.69, 9.17) is 34.8 Å². The van der Waals surface area contributed by atoms with Crippen molar-refractivity contribution in [1.29, 1.82) is 0 Å². The van der Waals surface area contributed by atoms with Crippen LogP contribution in [0.4, 0.5) is 5.69 Å². The first kappa shape index (κ1) is 31.4. The molecule has 0 aliphatic carbocycles. The number of likely N-dealkylation sites (N-methyl/N-ethyl adjacent to an activating group) is 1. The Morgan fingerprint density at radius 3 is 2.07 bits per heavy atom. The first-order chi connectivity index (χ1) is 20.1. The highest BCUT2D eigenvalue weighted by atomic mass is 35.5. The number of nitrogens with zero attached hydrogens (tertiary/aromatic N) is 2.